The van der Waals surface area contributed by atoms with Crippen LogP contribution in [-0.4, -0.2) is 13.3 Å². The maximum atomic E-state index is 12.5. The van der Waals surface area contributed by atoms with Crippen LogP contribution in [0.5, 0.6) is 0 Å². The van der Waals surface area contributed by atoms with Gasteiger partial charge < -0.3 is 0 Å². The topological polar surface area (TPSA) is 115 Å². The van der Waals surface area contributed by atoms with E-state index in [1.54, 1.807) is 0 Å². The van der Waals surface area contributed by atoms with Crippen molar-refractivity contribution in [2.45, 2.75) is 11.1 Å². The average molecular weight is 285 g/mol. The van der Waals surface area contributed by atoms with Gasteiger partial charge in [-0.25, -0.2) is 8.42 Å². The Morgan fingerprint density at radius 1 is 1.33 bits per heavy atom. The van der Waals surface area contributed by atoms with E-state index in [4.69, 9.17) is 0 Å². The zero-order valence-corrected chi connectivity index (χ0v) is 9.25. The van der Waals surface area contributed by atoms with E-state index < -0.39 is 37.3 Å². The van der Waals surface area contributed by atoms with Crippen LogP contribution in [0.15, 0.2) is 23.1 Å². The number of rotatable bonds is 3. The van der Waals surface area contributed by atoms with Crippen LogP contribution in [0.4, 0.5) is 18.9 Å². The number of benzene rings is 1. The fourth-order valence-electron chi connectivity index (χ4n) is 1.14. The van der Waals surface area contributed by atoms with Crippen molar-refractivity contribution in [1.82, 2.24) is 4.83 Å². The molecule has 11 heteroatoms. The van der Waals surface area contributed by atoms with Gasteiger partial charge in [0.05, 0.1) is 9.82 Å². The van der Waals surface area contributed by atoms with Gasteiger partial charge in [-0.3, -0.25) is 16.0 Å². The van der Waals surface area contributed by atoms with E-state index >= 15 is 0 Å². The van der Waals surface area contributed by atoms with Crippen LogP contribution in [0.25, 0.3) is 0 Å². The molecule has 1 rings (SSSR count). The Hall–Kier alpha value is -1.72. The molecule has 1 aromatic rings. The number of hydrogen-bond acceptors (Lipinski definition) is 5. The van der Waals surface area contributed by atoms with Gasteiger partial charge >= 0.3 is 6.18 Å². The molecule has 0 aliphatic rings. The Bertz CT molecular complexity index is 584. The maximum absolute atomic E-state index is 12.5. The lowest BCUT2D eigenvalue weighted by Gasteiger charge is -2.09. The van der Waals surface area contributed by atoms with E-state index in [0.29, 0.717) is 12.1 Å². The van der Waals surface area contributed by atoms with Crippen molar-refractivity contribution >= 4 is 15.7 Å². The van der Waals surface area contributed by atoms with Gasteiger partial charge in [0.25, 0.3) is 15.7 Å². The lowest BCUT2D eigenvalue weighted by molar-refractivity contribution is -0.388. The second kappa shape index (κ2) is 4.51. The molecular formula is C7H6F3N3O4S. The molecule has 0 heterocycles. The van der Waals surface area contributed by atoms with Crippen molar-refractivity contribution in [1.29, 1.82) is 0 Å². The van der Waals surface area contributed by atoms with Crippen LogP contribution in [0.1, 0.15) is 5.56 Å². The molecule has 0 fully saturated rings. The molecule has 0 amide bonds. The van der Waals surface area contributed by atoms with Crippen molar-refractivity contribution in [3.05, 3.63) is 33.9 Å². The van der Waals surface area contributed by atoms with Crippen LogP contribution < -0.4 is 10.7 Å². The predicted octanol–water partition coefficient (Wildman–Crippen LogP) is 0.766. The summed E-state index contributed by atoms with van der Waals surface area (Å²) in [6.45, 7) is 0. The minimum absolute atomic E-state index is 0.146. The molecule has 18 heavy (non-hydrogen) atoms. The van der Waals surface area contributed by atoms with Crippen LogP contribution in [0.3, 0.4) is 0 Å². The highest BCUT2D eigenvalue weighted by molar-refractivity contribution is 7.89. The largest absolute Gasteiger partial charge is 0.423 e. The summed E-state index contributed by atoms with van der Waals surface area (Å²) >= 11 is 0. The smallest absolute Gasteiger partial charge is 0.258 e. The first-order valence-electron chi connectivity index (χ1n) is 4.17. The van der Waals surface area contributed by atoms with E-state index in [9.17, 15) is 31.7 Å². The fourth-order valence-corrected chi connectivity index (χ4v) is 1.79. The number of sulfonamides is 1. The molecule has 0 atom stereocenters. The highest BCUT2D eigenvalue weighted by Gasteiger charge is 2.39. The van der Waals surface area contributed by atoms with Gasteiger partial charge in [0.15, 0.2) is 0 Å². The minimum atomic E-state index is -5.05. The number of alkyl halides is 3. The molecule has 0 unspecified atom stereocenters. The van der Waals surface area contributed by atoms with Crippen molar-refractivity contribution in [2.24, 2.45) is 5.84 Å². The molecule has 3 N–H and O–H groups in total. The molecule has 1 aromatic carbocycles. The van der Waals surface area contributed by atoms with E-state index in [1.807, 2.05) is 0 Å². The molecule has 0 aliphatic heterocycles. The average Bonchev–Trinajstić information content (AvgIpc) is 2.27. The monoisotopic (exact) mass is 285 g/mol. The predicted molar refractivity (Wildman–Crippen MR) is 52.6 cm³/mol. The van der Waals surface area contributed by atoms with Gasteiger partial charge in [-0.15, -0.1) is 0 Å². The van der Waals surface area contributed by atoms with Crippen molar-refractivity contribution in [3.8, 4) is 0 Å². The van der Waals surface area contributed by atoms with Gasteiger partial charge in [-0.2, -0.15) is 18.0 Å². The zero-order valence-electron chi connectivity index (χ0n) is 8.43. The highest BCUT2D eigenvalue weighted by Crippen LogP contribution is 2.37. The number of nitro benzene ring substituents is 1. The Morgan fingerprint density at radius 3 is 2.28 bits per heavy atom. The van der Waals surface area contributed by atoms with Gasteiger partial charge in [-0.1, -0.05) is 0 Å². The molecule has 0 aromatic heterocycles. The second-order valence-electron chi connectivity index (χ2n) is 3.06. The number of nitrogens with one attached hydrogen (secondary N) is 1. The van der Waals surface area contributed by atoms with Gasteiger partial charge in [-0.05, 0) is 12.1 Å². The molecule has 0 saturated heterocycles. The molecule has 0 bridgehead atoms. The third-order valence-electron chi connectivity index (χ3n) is 1.94. The number of nitro groups is 1. The van der Waals surface area contributed by atoms with E-state index in [1.165, 1.54) is 4.83 Å². The Balaban J connectivity index is 3.55. The third kappa shape index (κ3) is 2.75. The summed E-state index contributed by atoms with van der Waals surface area (Å²) in [6, 6.07) is 1.25. The molecule has 100 valence electrons. The first-order chi connectivity index (χ1) is 8.09. The van der Waals surface area contributed by atoms with Crippen LogP contribution in [0, 0.1) is 10.1 Å². The SMILES string of the molecule is NNS(=O)(=O)c1ccc([N+](=O)[O-])c(C(F)(F)F)c1. The lowest BCUT2D eigenvalue weighted by Crippen LogP contribution is -2.30. The summed E-state index contributed by atoms with van der Waals surface area (Å²) in [4.78, 5) is 9.66. The standard InChI is InChI=1S/C7H6F3N3O4S/c8-7(9,10)5-3-4(18(16,17)12-11)1-2-6(5)13(14)15/h1-3,12H,11H2. The highest BCUT2D eigenvalue weighted by atomic mass is 32.2. The summed E-state index contributed by atoms with van der Waals surface area (Å²) in [5.41, 5.74) is -2.90. The number of nitrogens with zero attached hydrogens (tertiary/aromatic N) is 1. The molecule has 0 saturated carbocycles. The van der Waals surface area contributed by atoms with Gasteiger partial charge in [0.1, 0.15) is 5.56 Å². The zero-order chi connectivity index (χ0) is 14.1. The van der Waals surface area contributed by atoms with Gasteiger partial charge in [0.2, 0.25) is 0 Å². The summed E-state index contributed by atoms with van der Waals surface area (Å²) in [6.07, 6.45) is -5.05. The first kappa shape index (κ1) is 14.3. The quantitative estimate of drug-likeness (QED) is 0.483. The number of hydrazine groups is 1. The molecule has 0 radical (unpaired) electrons. The van der Waals surface area contributed by atoms with Crippen LogP contribution in [-0.2, 0) is 16.2 Å². The normalized spacial score (nSPS) is 12.4. The van der Waals surface area contributed by atoms with E-state index in [0.717, 1.165) is 0 Å². The minimum Gasteiger partial charge on any atom is -0.258 e. The first-order valence-corrected chi connectivity index (χ1v) is 5.66. The van der Waals surface area contributed by atoms with E-state index in [2.05, 4.69) is 5.84 Å². The lowest BCUT2D eigenvalue weighted by atomic mass is 10.2. The molecule has 0 spiro atoms. The third-order valence-corrected chi connectivity index (χ3v) is 3.12. The number of hydrogen-bond donors (Lipinski definition) is 2. The molecule has 7 nitrogen and oxygen atoms in total. The van der Waals surface area contributed by atoms with Gasteiger partial charge in [0, 0.05) is 6.07 Å². The Kier molecular flexibility index (Phi) is 3.59. The molecule has 0 aliphatic carbocycles. The summed E-state index contributed by atoms with van der Waals surface area (Å²) < 4.78 is 60.0. The Labute approximate surface area is 98.6 Å². The summed E-state index contributed by atoms with van der Waals surface area (Å²) in [5.74, 6) is 4.64. The van der Waals surface area contributed by atoms with Crippen LogP contribution in [0.2, 0.25) is 0 Å². The van der Waals surface area contributed by atoms with E-state index in [-0.39, 0.29) is 6.07 Å². The molecular weight excluding hydrogens is 279 g/mol. The van der Waals surface area contributed by atoms with Crippen molar-refractivity contribution in [2.75, 3.05) is 0 Å². The Morgan fingerprint density at radius 2 is 1.89 bits per heavy atom. The van der Waals surface area contributed by atoms with Crippen LogP contribution >= 0.6 is 0 Å². The summed E-state index contributed by atoms with van der Waals surface area (Å²) in [7, 11) is -4.32. The van der Waals surface area contributed by atoms with Crippen molar-refractivity contribution in [3.63, 3.8) is 0 Å². The summed E-state index contributed by atoms with van der Waals surface area (Å²) in [5, 5.41) is 10.4. The second-order valence-corrected chi connectivity index (χ2v) is 4.77. The number of nitrogens with two attached hydrogens (primary N) is 1. The number of halogens is 3. The van der Waals surface area contributed by atoms with Crippen molar-refractivity contribution < 1.29 is 26.5 Å². The maximum Gasteiger partial charge on any atom is 0.423 e. The fraction of sp³-hybridized carbons (Fsp3) is 0.143.